The van der Waals surface area contributed by atoms with E-state index in [1.165, 1.54) is 11.3 Å². The van der Waals surface area contributed by atoms with Crippen molar-refractivity contribution in [3.63, 3.8) is 0 Å². The van der Waals surface area contributed by atoms with Crippen molar-refractivity contribution in [2.75, 3.05) is 37.6 Å². The lowest BCUT2D eigenvalue weighted by Gasteiger charge is -2.54. The normalized spacial score (nSPS) is 24.8. The Bertz CT molecular complexity index is 616. The maximum absolute atomic E-state index is 12.4. The van der Waals surface area contributed by atoms with Crippen LogP contribution in [-0.4, -0.2) is 49.7 Å². The summed E-state index contributed by atoms with van der Waals surface area (Å²) in [5.74, 6) is 1.02. The Morgan fingerprint density at radius 3 is 2.54 bits per heavy atom. The number of fused-ring (bicyclic) bond motifs is 1. The van der Waals surface area contributed by atoms with Crippen molar-refractivity contribution in [1.82, 2.24) is 4.90 Å². The Morgan fingerprint density at radius 1 is 1.17 bits per heavy atom. The molecule has 0 N–H and O–H groups in total. The van der Waals surface area contributed by atoms with E-state index in [2.05, 4.69) is 36.9 Å². The van der Waals surface area contributed by atoms with Crippen molar-refractivity contribution < 1.29 is 13.5 Å². The third-order valence-corrected chi connectivity index (χ3v) is 5.76. The second kappa shape index (κ2) is 5.58. The smallest absolute Gasteiger partial charge is 0.251 e. The van der Waals surface area contributed by atoms with Gasteiger partial charge in [-0.15, -0.1) is 0 Å². The molecule has 24 heavy (non-hydrogen) atoms. The van der Waals surface area contributed by atoms with E-state index in [9.17, 15) is 8.78 Å². The fourth-order valence-corrected chi connectivity index (χ4v) is 4.56. The predicted octanol–water partition coefficient (Wildman–Crippen LogP) is 3.57. The van der Waals surface area contributed by atoms with Gasteiger partial charge in [-0.3, -0.25) is 4.90 Å². The van der Waals surface area contributed by atoms with E-state index in [1.807, 2.05) is 4.90 Å². The average Bonchev–Trinajstić information content (AvgIpc) is 2.78. The summed E-state index contributed by atoms with van der Waals surface area (Å²) in [5.41, 5.74) is 2.69. The summed E-state index contributed by atoms with van der Waals surface area (Å²) in [7, 11) is 0. The van der Waals surface area contributed by atoms with Crippen molar-refractivity contribution in [3.05, 3.63) is 23.8 Å². The Labute approximate surface area is 142 Å². The van der Waals surface area contributed by atoms with E-state index in [1.54, 1.807) is 0 Å². The maximum atomic E-state index is 12.4. The Hall–Kier alpha value is -1.36. The van der Waals surface area contributed by atoms with Crippen molar-refractivity contribution in [1.29, 1.82) is 0 Å². The number of anilines is 1. The lowest BCUT2D eigenvalue weighted by molar-refractivity contribution is -0.0487. The Balaban J connectivity index is 1.36. The zero-order valence-electron chi connectivity index (χ0n) is 14.5. The van der Waals surface area contributed by atoms with Gasteiger partial charge in [-0.05, 0) is 43.7 Å². The highest BCUT2D eigenvalue weighted by Crippen LogP contribution is 2.43. The first-order chi connectivity index (χ1) is 11.3. The van der Waals surface area contributed by atoms with Gasteiger partial charge in [-0.1, -0.05) is 6.07 Å². The molecular formula is C19H26F2N2O. The molecule has 0 saturated carbocycles. The fraction of sp³-hybridized carbons (Fsp3) is 0.684. The molecule has 0 atom stereocenters. The van der Waals surface area contributed by atoms with Crippen LogP contribution < -0.4 is 9.64 Å². The minimum atomic E-state index is -2.21. The summed E-state index contributed by atoms with van der Waals surface area (Å²) in [6.07, 6.45) is 0.941. The number of likely N-dealkylation sites (tertiary alicyclic amines) is 1. The second-order valence-corrected chi connectivity index (χ2v) is 8.38. The molecule has 3 nitrogen and oxygen atoms in total. The van der Waals surface area contributed by atoms with Gasteiger partial charge in [0.2, 0.25) is 0 Å². The van der Waals surface area contributed by atoms with Crippen molar-refractivity contribution in [3.8, 4) is 5.75 Å². The van der Waals surface area contributed by atoms with Gasteiger partial charge in [0, 0.05) is 44.4 Å². The molecule has 0 amide bonds. The Morgan fingerprint density at radius 2 is 1.88 bits per heavy atom. The van der Waals surface area contributed by atoms with Crippen LogP contribution in [0.5, 0.6) is 5.75 Å². The molecule has 1 spiro atoms. The van der Waals surface area contributed by atoms with Gasteiger partial charge < -0.3 is 9.64 Å². The number of ether oxygens (including phenoxy) is 1. The molecule has 4 rings (SSSR count). The highest BCUT2D eigenvalue weighted by Gasteiger charge is 2.45. The van der Waals surface area contributed by atoms with Crippen LogP contribution in [0.25, 0.3) is 0 Å². The second-order valence-electron chi connectivity index (χ2n) is 8.38. The molecule has 2 saturated heterocycles. The molecule has 3 heterocycles. The number of benzene rings is 1. The summed E-state index contributed by atoms with van der Waals surface area (Å²) in [4.78, 5) is 4.31. The molecule has 3 aliphatic heterocycles. The third-order valence-electron chi connectivity index (χ3n) is 5.76. The lowest BCUT2D eigenvalue weighted by atomic mass is 9.72. The summed E-state index contributed by atoms with van der Waals surface area (Å²) in [6, 6.07) is 6.56. The predicted molar refractivity (Wildman–Crippen MR) is 91.2 cm³/mol. The fourth-order valence-electron chi connectivity index (χ4n) is 4.56. The topological polar surface area (TPSA) is 15.7 Å². The highest BCUT2D eigenvalue weighted by molar-refractivity contribution is 5.56. The molecule has 132 valence electrons. The van der Waals surface area contributed by atoms with Crippen LogP contribution in [0.4, 0.5) is 14.5 Å². The number of nitrogens with zero attached hydrogens (tertiary/aromatic N) is 2. The van der Waals surface area contributed by atoms with E-state index < -0.39 is 6.43 Å². The van der Waals surface area contributed by atoms with Gasteiger partial charge >= 0.3 is 0 Å². The van der Waals surface area contributed by atoms with Crippen molar-refractivity contribution in [2.45, 2.75) is 45.1 Å². The van der Waals surface area contributed by atoms with Gasteiger partial charge in [0.25, 0.3) is 6.43 Å². The molecule has 0 radical (unpaired) electrons. The molecule has 2 fully saturated rings. The van der Waals surface area contributed by atoms with E-state index >= 15 is 0 Å². The summed E-state index contributed by atoms with van der Waals surface area (Å²) >= 11 is 0. The first-order valence-corrected chi connectivity index (χ1v) is 8.92. The maximum Gasteiger partial charge on any atom is 0.251 e. The van der Waals surface area contributed by atoms with Crippen LogP contribution in [0, 0.1) is 5.41 Å². The van der Waals surface area contributed by atoms with Crippen LogP contribution >= 0.6 is 0 Å². The first-order valence-electron chi connectivity index (χ1n) is 8.92. The molecule has 1 aromatic carbocycles. The minimum Gasteiger partial charge on any atom is -0.487 e. The molecule has 3 aliphatic rings. The van der Waals surface area contributed by atoms with Gasteiger partial charge in [-0.2, -0.15) is 0 Å². The summed E-state index contributed by atoms with van der Waals surface area (Å²) in [6.45, 7) is 7.87. The van der Waals surface area contributed by atoms with Gasteiger partial charge in [0.05, 0.1) is 6.54 Å². The third kappa shape index (κ3) is 2.99. The highest BCUT2D eigenvalue weighted by atomic mass is 19.3. The van der Waals surface area contributed by atoms with Crippen LogP contribution in [-0.2, 0) is 6.42 Å². The SMILES string of the molecule is CC1(C)Cc2ccc(N3CCC4(CC3)CN(CC(F)F)C4)cc2O1. The molecular weight excluding hydrogens is 310 g/mol. The standard InChI is InChI=1S/C19H26F2N2O/c1-18(2)10-14-3-4-15(9-16(14)24-18)23-7-5-19(6-8-23)12-22(13-19)11-17(20)21/h3-4,9,17H,5-8,10-13H2,1-2H3. The van der Waals surface area contributed by atoms with Crippen LogP contribution in [0.15, 0.2) is 18.2 Å². The monoisotopic (exact) mass is 336 g/mol. The quantitative estimate of drug-likeness (QED) is 0.839. The number of halogens is 2. The number of hydrogen-bond acceptors (Lipinski definition) is 3. The van der Waals surface area contributed by atoms with Gasteiger partial charge in [0.1, 0.15) is 11.4 Å². The van der Waals surface area contributed by atoms with Crippen molar-refractivity contribution >= 4 is 5.69 Å². The first kappa shape index (κ1) is 16.1. The summed E-state index contributed by atoms with van der Waals surface area (Å²) in [5, 5.41) is 0. The van der Waals surface area contributed by atoms with Crippen LogP contribution in [0.3, 0.4) is 0 Å². The lowest BCUT2D eigenvalue weighted by Crippen LogP contribution is -2.61. The van der Waals surface area contributed by atoms with Crippen LogP contribution in [0.1, 0.15) is 32.3 Å². The number of alkyl halides is 2. The van der Waals surface area contributed by atoms with Gasteiger partial charge in [-0.25, -0.2) is 8.78 Å². The minimum absolute atomic E-state index is 0.0661. The zero-order valence-corrected chi connectivity index (χ0v) is 14.5. The summed E-state index contributed by atoms with van der Waals surface area (Å²) < 4.78 is 30.9. The molecule has 0 aliphatic carbocycles. The molecule has 0 aromatic heterocycles. The molecule has 5 heteroatoms. The van der Waals surface area contributed by atoms with Crippen LogP contribution in [0.2, 0.25) is 0 Å². The van der Waals surface area contributed by atoms with E-state index in [-0.39, 0.29) is 17.6 Å². The average molecular weight is 336 g/mol. The number of rotatable bonds is 3. The van der Waals surface area contributed by atoms with E-state index in [0.29, 0.717) is 0 Å². The van der Waals surface area contributed by atoms with Gasteiger partial charge in [0.15, 0.2) is 0 Å². The largest absolute Gasteiger partial charge is 0.487 e. The zero-order chi connectivity index (χ0) is 16.9. The molecule has 1 aromatic rings. The molecule has 0 bridgehead atoms. The Kier molecular flexibility index (Phi) is 3.75. The number of piperidine rings is 1. The molecule has 0 unspecified atom stereocenters. The number of hydrogen-bond donors (Lipinski definition) is 0. The van der Waals surface area contributed by atoms with Crippen molar-refractivity contribution in [2.24, 2.45) is 5.41 Å². The van der Waals surface area contributed by atoms with E-state index in [4.69, 9.17) is 4.74 Å². The van der Waals surface area contributed by atoms with E-state index in [0.717, 1.165) is 51.2 Å².